The first kappa shape index (κ1) is 20.9. The standard InChI is InChI=1S/C24H23BrF2N4O2/c25-15-4-5-16-20(9-15)33-11-14-2-1-7-30(21(14)16)22(32)13-3-6-18-17(8-13)19-10-24(26,27)12-31(19)23(28)29-18/h3-6,8-9,14,19,21H,1-2,7,10-12H2,(H2,28,29)/t14-,19-,21-/m1/s1. The molecule has 0 aliphatic carbocycles. The second-order valence-electron chi connectivity index (χ2n) is 9.29. The Morgan fingerprint density at radius 1 is 1.21 bits per heavy atom. The molecule has 172 valence electrons. The maximum atomic E-state index is 14.2. The van der Waals surface area contributed by atoms with E-state index in [0.717, 1.165) is 28.6 Å². The summed E-state index contributed by atoms with van der Waals surface area (Å²) in [5.41, 5.74) is 8.65. The molecule has 2 saturated heterocycles. The van der Waals surface area contributed by atoms with E-state index in [4.69, 9.17) is 10.5 Å². The Labute approximate surface area is 198 Å². The molecule has 6 nitrogen and oxygen atoms in total. The number of piperidine rings is 1. The van der Waals surface area contributed by atoms with Gasteiger partial charge in [-0.1, -0.05) is 22.0 Å². The Kier molecular flexibility index (Phi) is 4.69. The largest absolute Gasteiger partial charge is 0.493 e. The molecule has 9 heteroatoms. The second kappa shape index (κ2) is 7.41. The van der Waals surface area contributed by atoms with Crippen molar-refractivity contribution in [2.45, 2.75) is 37.3 Å². The lowest BCUT2D eigenvalue weighted by molar-refractivity contribution is 0.0164. The Hall–Kier alpha value is -2.68. The summed E-state index contributed by atoms with van der Waals surface area (Å²) in [6.45, 7) is 0.764. The lowest BCUT2D eigenvalue weighted by Gasteiger charge is -2.44. The van der Waals surface area contributed by atoms with Crippen molar-refractivity contribution in [3.05, 3.63) is 57.6 Å². The predicted molar refractivity (Wildman–Crippen MR) is 123 cm³/mol. The summed E-state index contributed by atoms with van der Waals surface area (Å²) in [7, 11) is 0. The number of fused-ring (bicyclic) bond motifs is 6. The van der Waals surface area contributed by atoms with Gasteiger partial charge >= 0.3 is 0 Å². The summed E-state index contributed by atoms with van der Waals surface area (Å²) in [5, 5.41) is 0. The molecule has 33 heavy (non-hydrogen) atoms. The second-order valence-corrected chi connectivity index (χ2v) is 10.2. The van der Waals surface area contributed by atoms with E-state index in [2.05, 4.69) is 20.9 Å². The minimum absolute atomic E-state index is 0.0693. The zero-order valence-corrected chi connectivity index (χ0v) is 19.4. The average Bonchev–Trinajstić information content (AvgIpc) is 3.14. The van der Waals surface area contributed by atoms with Gasteiger partial charge in [-0.05, 0) is 43.2 Å². The highest BCUT2D eigenvalue weighted by Crippen LogP contribution is 2.48. The summed E-state index contributed by atoms with van der Waals surface area (Å²) in [5.74, 6) is -1.81. The van der Waals surface area contributed by atoms with Crippen LogP contribution in [0.25, 0.3) is 0 Å². The SMILES string of the molecule is NC1=Nc2ccc(C(=O)N3CCC[C@@H]4COc5cc(Br)ccc5[C@@H]43)cc2[C@H]2CC(F)(F)CN12. The summed E-state index contributed by atoms with van der Waals surface area (Å²) in [6.07, 6.45) is 1.56. The molecule has 0 saturated carbocycles. The van der Waals surface area contributed by atoms with Gasteiger partial charge in [0, 0.05) is 40.0 Å². The number of carbonyl (C=O) groups excluding carboxylic acids is 1. The van der Waals surface area contributed by atoms with Gasteiger partial charge in [-0.15, -0.1) is 0 Å². The number of nitrogens with zero attached hydrogens (tertiary/aromatic N) is 3. The summed E-state index contributed by atoms with van der Waals surface area (Å²) >= 11 is 3.49. The van der Waals surface area contributed by atoms with Crippen molar-refractivity contribution in [1.82, 2.24) is 9.80 Å². The maximum absolute atomic E-state index is 14.2. The molecule has 0 aromatic heterocycles. The van der Waals surface area contributed by atoms with E-state index >= 15 is 0 Å². The van der Waals surface area contributed by atoms with Crippen LogP contribution in [0.2, 0.25) is 0 Å². The van der Waals surface area contributed by atoms with E-state index in [1.54, 1.807) is 18.2 Å². The summed E-state index contributed by atoms with van der Waals surface area (Å²) < 4.78 is 35.3. The highest BCUT2D eigenvalue weighted by Gasteiger charge is 2.49. The van der Waals surface area contributed by atoms with Crippen molar-refractivity contribution in [2.24, 2.45) is 16.6 Å². The fraction of sp³-hybridized carbons (Fsp3) is 0.417. The van der Waals surface area contributed by atoms with E-state index in [1.807, 2.05) is 23.1 Å². The van der Waals surface area contributed by atoms with Crippen molar-refractivity contribution in [2.75, 3.05) is 19.7 Å². The Balaban J connectivity index is 1.36. The van der Waals surface area contributed by atoms with Crippen LogP contribution in [0.1, 0.15) is 52.8 Å². The monoisotopic (exact) mass is 516 g/mol. The lowest BCUT2D eigenvalue weighted by atomic mass is 9.82. The fourth-order valence-corrected chi connectivity index (χ4v) is 6.06. The highest BCUT2D eigenvalue weighted by atomic mass is 79.9. The quantitative estimate of drug-likeness (QED) is 0.592. The van der Waals surface area contributed by atoms with Crippen LogP contribution in [0.15, 0.2) is 45.9 Å². The molecule has 0 radical (unpaired) electrons. The number of nitrogens with two attached hydrogens (primary N) is 1. The van der Waals surface area contributed by atoms with Gasteiger partial charge < -0.3 is 20.3 Å². The van der Waals surface area contributed by atoms with E-state index in [1.165, 1.54) is 4.90 Å². The molecule has 0 spiro atoms. The Morgan fingerprint density at radius 3 is 2.91 bits per heavy atom. The van der Waals surface area contributed by atoms with Crippen LogP contribution in [0.5, 0.6) is 5.75 Å². The Morgan fingerprint density at radius 2 is 2.06 bits per heavy atom. The normalized spacial score (nSPS) is 27.0. The molecule has 4 heterocycles. The molecule has 1 amide bonds. The van der Waals surface area contributed by atoms with Crippen molar-refractivity contribution < 1.29 is 18.3 Å². The lowest BCUT2D eigenvalue weighted by Crippen LogP contribution is -2.46. The number of carbonyl (C=O) groups is 1. The number of hydrogen-bond acceptors (Lipinski definition) is 5. The maximum Gasteiger partial charge on any atom is 0.267 e. The topological polar surface area (TPSA) is 71.2 Å². The number of likely N-dealkylation sites (tertiary alicyclic amines) is 1. The number of guanidine groups is 1. The fourth-order valence-electron chi connectivity index (χ4n) is 5.72. The molecule has 0 bridgehead atoms. The summed E-state index contributed by atoms with van der Waals surface area (Å²) in [4.78, 5) is 21.4. The van der Waals surface area contributed by atoms with Gasteiger partial charge in [0.25, 0.3) is 11.8 Å². The molecule has 0 unspecified atom stereocenters. The number of halogens is 3. The van der Waals surface area contributed by atoms with Crippen LogP contribution >= 0.6 is 15.9 Å². The van der Waals surface area contributed by atoms with Gasteiger partial charge in [0.15, 0.2) is 5.96 Å². The molecule has 2 aromatic rings. The number of ether oxygens (including phenoxy) is 1. The van der Waals surface area contributed by atoms with Gasteiger partial charge in [-0.3, -0.25) is 4.79 Å². The minimum atomic E-state index is -2.84. The van der Waals surface area contributed by atoms with E-state index in [9.17, 15) is 13.6 Å². The zero-order valence-electron chi connectivity index (χ0n) is 17.8. The van der Waals surface area contributed by atoms with Gasteiger partial charge in [0.05, 0.1) is 30.9 Å². The van der Waals surface area contributed by atoms with Gasteiger partial charge in [0.2, 0.25) is 0 Å². The molecule has 2 fully saturated rings. The minimum Gasteiger partial charge on any atom is -0.493 e. The smallest absolute Gasteiger partial charge is 0.267 e. The van der Waals surface area contributed by atoms with Crippen LogP contribution in [-0.2, 0) is 0 Å². The predicted octanol–water partition coefficient (Wildman–Crippen LogP) is 4.78. The first-order chi connectivity index (χ1) is 15.8. The molecule has 3 atom stereocenters. The number of alkyl halides is 2. The first-order valence-electron chi connectivity index (χ1n) is 11.2. The van der Waals surface area contributed by atoms with E-state index < -0.39 is 18.5 Å². The first-order valence-corrected chi connectivity index (χ1v) is 12.0. The zero-order chi connectivity index (χ0) is 22.9. The van der Waals surface area contributed by atoms with Gasteiger partial charge in [0.1, 0.15) is 5.75 Å². The molecule has 2 aromatic carbocycles. The average molecular weight is 517 g/mol. The van der Waals surface area contributed by atoms with E-state index in [0.29, 0.717) is 30.0 Å². The Bertz CT molecular complexity index is 1190. The third-order valence-corrected chi connectivity index (χ3v) is 7.69. The highest BCUT2D eigenvalue weighted by molar-refractivity contribution is 9.10. The van der Waals surface area contributed by atoms with Crippen molar-refractivity contribution >= 4 is 33.5 Å². The molecule has 6 rings (SSSR count). The number of rotatable bonds is 1. The third-order valence-electron chi connectivity index (χ3n) is 7.20. The van der Waals surface area contributed by atoms with Crippen molar-refractivity contribution in [1.29, 1.82) is 0 Å². The molecular weight excluding hydrogens is 494 g/mol. The molecule has 4 aliphatic rings. The van der Waals surface area contributed by atoms with Crippen LogP contribution < -0.4 is 10.5 Å². The van der Waals surface area contributed by atoms with Crippen LogP contribution in [0, 0.1) is 5.92 Å². The van der Waals surface area contributed by atoms with Crippen molar-refractivity contribution in [3.63, 3.8) is 0 Å². The number of hydrogen-bond donors (Lipinski definition) is 1. The summed E-state index contributed by atoms with van der Waals surface area (Å²) in [6, 6.07) is 10.5. The van der Waals surface area contributed by atoms with Gasteiger partial charge in [-0.25, -0.2) is 13.8 Å². The molecule has 4 aliphatic heterocycles. The van der Waals surface area contributed by atoms with Gasteiger partial charge in [-0.2, -0.15) is 0 Å². The van der Waals surface area contributed by atoms with E-state index in [-0.39, 0.29) is 30.2 Å². The van der Waals surface area contributed by atoms with Crippen LogP contribution in [0.4, 0.5) is 14.5 Å². The van der Waals surface area contributed by atoms with Crippen molar-refractivity contribution in [3.8, 4) is 5.75 Å². The number of aliphatic imine (C=N–C) groups is 1. The molecule has 2 N–H and O–H groups in total. The van der Waals surface area contributed by atoms with Crippen LogP contribution in [-0.4, -0.2) is 47.3 Å². The third kappa shape index (κ3) is 3.39. The number of benzene rings is 2. The molecular formula is C24H23BrF2N4O2. The number of amides is 1. The van der Waals surface area contributed by atoms with Crippen LogP contribution in [0.3, 0.4) is 0 Å².